The molecule has 0 bridgehead atoms. The molecule has 1 aromatic heterocycles. The van der Waals surface area contributed by atoms with Gasteiger partial charge in [0.2, 0.25) is 5.88 Å². The van der Waals surface area contributed by atoms with E-state index in [-0.39, 0.29) is 17.7 Å². The second kappa shape index (κ2) is 6.12. The van der Waals surface area contributed by atoms with Crippen LogP contribution < -0.4 is 20.7 Å². The fourth-order valence-corrected chi connectivity index (χ4v) is 3.58. The number of ether oxygens (including phenoxy) is 1. The minimum atomic E-state index is -0.969. The molecule has 7 heteroatoms. The lowest BCUT2D eigenvalue weighted by atomic mass is 9.84. The van der Waals surface area contributed by atoms with Crippen LogP contribution in [0.1, 0.15) is 44.7 Å². The molecule has 2 aliphatic rings. The third-order valence-electron chi connectivity index (χ3n) is 4.65. The van der Waals surface area contributed by atoms with Crippen molar-refractivity contribution in [3.05, 3.63) is 17.3 Å². The zero-order chi connectivity index (χ0) is 17.5. The SMILES string of the molecule is CC(C)(C)c1cnc2c(c1N1CCC[C@H](NC(=O)O)C1)CC(N)O2. The van der Waals surface area contributed by atoms with E-state index in [9.17, 15) is 4.79 Å². The fraction of sp³-hybridized carbons (Fsp3) is 0.647. The lowest BCUT2D eigenvalue weighted by Gasteiger charge is -2.38. The summed E-state index contributed by atoms with van der Waals surface area (Å²) >= 11 is 0. The highest BCUT2D eigenvalue weighted by Gasteiger charge is 2.34. The van der Waals surface area contributed by atoms with Gasteiger partial charge in [-0.3, -0.25) is 5.73 Å². The van der Waals surface area contributed by atoms with Crippen LogP contribution in [0.5, 0.6) is 5.88 Å². The Morgan fingerprint density at radius 3 is 2.92 bits per heavy atom. The molecule has 1 saturated heterocycles. The summed E-state index contributed by atoms with van der Waals surface area (Å²) in [5, 5.41) is 11.6. The van der Waals surface area contributed by atoms with Gasteiger partial charge in [0, 0.05) is 37.3 Å². The van der Waals surface area contributed by atoms with Crippen LogP contribution in [-0.4, -0.2) is 41.5 Å². The van der Waals surface area contributed by atoms with Gasteiger partial charge in [-0.25, -0.2) is 9.78 Å². The van der Waals surface area contributed by atoms with Crippen LogP contribution in [0.4, 0.5) is 10.5 Å². The van der Waals surface area contributed by atoms with Crippen molar-refractivity contribution in [2.75, 3.05) is 18.0 Å². The molecule has 1 unspecified atom stereocenters. The molecule has 7 nitrogen and oxygen atoms in total. The van der Waals surface area contributed by atoms with E-state index in [0.29, 0.717) is 18.8 Å². The van der Waals surface area contributed by atoms with Crippen LogP contribution in [0.2, 0.25) is 0 Å². The van der Waals surface area contributed by atoms with Crippen molar-refractivity contribution < 1.29 is 14.6 Å². The number of nitrogens with one attached hydrogen (secondary N) is 1. The first-order valence-corrected chi connectivity index (χ1v) is 8.44. The molecular weight excluding hydrogens is 308 g/mol. The van der Waals surface area contributed by atoms with Crippen molar-refractivity contribution in [3.8, 4) is 5.88 Å². The van der Waals surface area contributed by atoms with Crippen LogP contribution in [0.3, 0.4) is 0 Å². The number of carbonyl (C=O) groups is 1. The van der Waals surface area contributed by atoms with Gasteiger partial charge in [-0.05, 0) is 23.8 Å². The predicted octanol–water partition coefficient (Wildman–Crippen LogP) is 1.84. The van der Waals surface area contributed by atoms with Crippen molar-refractivity contribution in [1.29, 1.82) is 0 Å². The summed E-state index contributed by atoms with van der Waals surface area (Å²) < 4.78 is 5.63. The Labute approximate surface area is 142 Å². The molecule has 1 fully saturated rings. The fourth-order valence-electron chi connectivity index (χ4n) is 3.58. The Kier molecular flexibility index (Phi) is 4.29. The van der Waals surface area contributed by atoms with Crippen molar-refractivity contribution in [2.24, 2.45) is 5.73 Å². The third kappa shape index (κ3) is 3.26. The molecule has 3 rings (SSSR count). The van der Waals surface area contributed by atoms with Gasteiger partial charge >= 0.3 is 6.09 Å². The van der Waals surface area contributed by atoms with Crippen LogP contribution in [0.15, 0.2) is 6.20 Å². The zero-order valence-corrected chi connectivity index (χ0v) is 14.5. The first kappa shape index (κ1) is 16.8. The maximum atomic E-state index is 11.0. The lowest BCUT2D eigenvalue weighted by Crippen LogP contribution is -2.48. The molecule has 24 heavy (non-hydrogen) atoms. The molecule has 1 amide bonds. The average Bonchev–Trinajstić information content (AvgIpc) is 2.84. The van der Waals surface area contributed by atoms with E-state index in [0.717, 1.165) is 36.2 Å². The van der Waals surface area contributed by atoms with Gasteiger partial charge in [0.15, 0.2) is 6.23 Å². The Morgan fingerprint density at radius 2 is 2.25 bits per heavy atom. The number of anilines is 1. The van der Waals surface area contributed by atoms with Gasteiger partial charge in [0.05, 0.1) is 5.69 Å². The van der Waals surface area contributed by atoms with Gasteiger partial charge in [0.25, 0.3) is 0 Å². The maximum absolute atomic E-state index is 11.0. The van der Waals surface area contributed by atoms with Gasteiger partial charge in [-0.1, -0.05) is 20.8 Å². The molecule has 0 aliphatic carbocycles. The second-order valence-electron chi connectivity index (χ2n) is 7.65. The van der Waals surface area contributed by atoms with Crippen molar-refractivity contribution >= 4 is 11.8 Å². The highest BCUT2D eigenvalue weighted by atomic mass is 16.5. The number of fused-ring (bicyclic) bond motifs is 1. The Balaban J connectivity index is 1.99. The van der Waals surface area contributed by atoms with Gasteiger partial charge in [-0.2, -0.15) is 0 Å². The average molecular weight is 334 g/mol. The number of amides is 1. The minimum Gasteiger partial charge on any atom is -0.465 e. The normalized spacial score (nSPS) is 23.6. The third-order valence-corrected chi connectivity index (χ3v) is 4.65. The topological polar surface area (TPSA) is 101 Å². The molecule has 0 aromatic carbocycles. The minimum absolute atomic E-state index is 0.0659. The van der Waals surface area contributed by atoms with Gasteiger partial charge in [-0.15, -0.1) is 0 Å². The second-order valence-corrected chi connectivity index (χ2v) is 7.65. The number of pyridine rings is 1. The van der Waals surface area contributed by atoms with Gasteiger partial charge < -0.3 is 20.1 Å². The van der Waals surface area contributed by atoms with E-state index >= 15 is 0 Å². The van der Waals surface area contributed by atoms with Crippen LogP contribution in [-0.2, 0) is 11.8 Å². The number of nitrogens with zero attached hydrogens (tertiary/aromatic N) is 2. The summed E-state index contributed by atoms with van der Waals surface area (Å²) in [5.41, 5.74) is 9.21. The molecule has 0 spiro atoms. The molecule has 0 saturated carbocycles. The van der Waals surface area contributed by atoms with E-state index in [1.54, 1.807) is 0 Å². The van der Waals surface area contributed by atoms with Crippen LogP contribution in [0, 0.1) is 0 Å². The summed E-state index contributed by atoms with van der Waals surface area (Å²) in [6, 6.07) is -0.0659. The van der Waals surface area contributed by atoms with Crippen LogP contribution >= 0.6 is 0 Å². The highest BCUT2D eigenvalue weighted by molar-refractivity contribution is 5.67. The van der Waals surface area contributed by atoms with E-state index < -0.39 is 6.09 Å². The van der Waals surface area contributed by atoms with Gasteiger partial charge in [0.1, 0.15) is 0 Å². The van der Waals surface area contributed by atoms with E-state index in [4.69, 9.17) is 15.6 Å². The largest absolute Gasteiger partial charge is 0.465 e. The highest BCUT2D eigenvalue weighted by Crippen LogP contribution is 2.41. The molecule has 2 atom stereocenters. The molecule has 3 heterocycles. The standard InChI is InChI=1S/C17H26N4O3/c1-17(2,3)12-8-19-15-11(7-13(18)24-15)14(12)21-6-4-5-10(9-21)20-16(22)23/h8,10,13,20H,4-7,9,18H2,1-3H3,(H,22,23)/t10-,13?/m0/s1. The quantitative estimate of drug-likeness (QED) is 0.763. The molecule has 2 aliphatic heterocycles. The van der Waals surface area contributed by atoms with Crippen LogP contribution in [0.25, 0.3) is 0 Å². The Hall–Kier alpha value is -2.02. The number of rotatable bonds is 2. The number of aromatic nitrogens is 1. The van der Waals surface area contributed by atoms with Crippen molar-refractivity contribution in [3.63, 3.8) is 0 Å². The number of carboxylic acid groups (broad SMARTS) is 1. The summed E-state index contributed by atoms with van der Waals surface area (Å²) in [5.74, 6) is 0.610. The monoisotopic (exact) mass is 334 g/mol. The number of piperidine rings is 1. The number of nitrogens with two attached hydrogens (primary N) is 1. The Bertz CT molecular complexity index is 641. The zero-order valence-electron chi connectivity index (χ0n) is 14.5. The summed E-state index contributed by atoms with van der Waals surface area (Å²) in [6.45, 7) is 8.03. The molecule has 0 radical (unpaired) electrons. The maximum Gasteiger partial charge on any atom is 0.404 e. The lowest BCUT2D eigenvalue weighted by molar-refractivity contribution is 0.188. The van der Waals surface area contributed by atoms with E-state index in [1.165, 1.54) is 0 Å². The molecule has 1 aromatic rings. The summed E-state index contributed by atoms with van der Waals surface area (Å²) in [7, 11) is 0. The smallest absolute Gasteiger partial charge is 0.404 e. The van der Waals surface area contributed by atoms with Crippen molar-refractivity contribution in [1.82, 2.24) is 10.3 Å². The Morgan fingerprint density at radius 1 is 1.50 bits per heavy atom. The first-order chi connectivity index (χ1) is 11.3. The molecular formula is C17H26N4O3. The summed E-state index contributed by atoms with van der Waals surface area (Å²) in [4.78, 5) is 17.7. The molecule has 4 N–H and O–H groups in total. The predicted molar refractivity (Wildman–Crippen MR) is 91.6 cm³/mol. The van der Waals surface area contributed by atoms with Crippen molar-refractivity contribution in [2.45, 2.75) is 57.7 Å². The molecule has 132 valence electrons. The van der Waals surface area contributed by atoms with E-state index in [2.05, 4.69) is 36.0 Å². The first-order valence-electron chi connectivity index (χ1n) is 8.44. The number of hydrogen-bond donors (Lipinski definition) is 3. The number of hydrogen-bond acceptors (Lipinski definition) is 5. The van der Waals surface area contributed by atoms with E-state index in [1.807, 2.05) is 6.20 Å². The summed E-state index contributed by atoms with van der Waals surface area (Å²) in [6.07, 6.45) is 2.98.